The van der Waals surface area contributed by atoms with E-state index in [1.807, 2.05) is 6.20 Å². The van der Waals surface area contributed by atoms with Gasteiger partial charge in [0.25, 0.3) is 0 Å². The molecule has 2 nitrogen and oxygen atoms in total. The summed E-state index contributed by atoms with van der Waals surface area (Å²) in [6.07, 6.45) is 3.03. The minimum absolute atomic E-state index is 0.335. The Morgan fingerprint density at radius 3 is 2.82 bits per heavy atom. The zero-order valence-corrected chi connectivity index (χ0v) is 12.1. The zero-order chi connectivity index (χ0) is 12.3. The molecule has 2 heterocycles. The van der Waals surface area contributed by atoms with E-state index in [4.69, 9.17) is 0 Å². The highest BCUT2D eigenvalue weighted by Gasteiger charge is 2.12. The number of thiophene rings is 1. The van der Waals surface area contributed by atoms with Gasteiger partial charge in [-0.15, -0.1) is 11.3 Å². The second kappa shape index (κ2) is 5.76. The molecular formula is C13H18N2S2. The lowest BCUT2D eigenvalue weighted by atomic mass is 10.1. The highest BCUT2D eigenvalue weighted by Crippen LogP contribution is 2.20. The summed E-state index contributed by atoms with van der Waals surface area (Å²) in [5.41, 5.74) is 1.41. The van der Waals surface area contributed by atoms with E-state index in [0.29, 0.717) is 12.1 Å². The van der Waals surface area contributed by atoms with Crippen LogP contribution in [-0.4, -0.2) is 11.0 Å². The molecule has 0 aromatic carbocycles. The topological polar surface area (TPSA) is 24.9 Å². The van der Waals surface area contributed by atoms with Crippen LogP contribution < -0.4 is 5.32 Å². The maximum absolute atomic E-state index is 4.42. The predicted molar refractivity (Wildman–Crippen MR) is 75.9 cm³/mol. The van der Waals surface area contributed by atoms with Crippen molar-refractivity contribution in [2.45, 2.75) is 39.3 Å². The van der Waals surface area contributed by atoms with E-state index >= 15 is 0 Å². The first-order valence-electron chi connectivity index (χ1n) is 5.84. The maximum Gasteiger partial charge on any atom is 0.109 e. The molecule has 0 spiro atoms. The fourth-order valence-electron chi connectivity index (χ4n) is 1.89. The van der Waals surface area contributed by atoms with Gasteiger partial charge in [0.15, 0.2) is 0 Å². The van der Waals surface area contributed by atoms with Gasteiger partial charge in [0.05, 0.1) is 6.04 Å². The van der Waals surface area contributed by atoms with Crippen LogP contribution in [0, 0.1) is 6.92 Å². The van der Waals surface area contributed by atoms with E-state index in [-0.39, 0.29) is 0 Å². The number of aryl methyl sites for hydroxylation is 1. The number of hydrogen-bond acceptors (Lipinski definition) is 4. The van der Waals surface area contributed by atoms with Crippen molar-refractivity contribution < 1.29 is 0 Å². The third kappa shape index (κ3) is 3.63. The standard InChI is InChI=1S/C13H18N2S2/c1-9(6-12-4-5-16-8-12)15-11(3)13-14-7-10(2)17-13/h4-5,7-9,11,15H,6H2,1-3H3/t9-,11+/m0/s1. The average molecular weight is 266 g/mol. The van der Waals surface area contributed by atoms with Crippen LogP contribution in [0.25, 0.3) is 0 Å². The first kappa shape index (κ1) is 12.7. The van der Waals surface area contributed by atoms with Crippen molar-refractivity contribution in [2.75, 3.05) is 0 Å². The van der Waals surface area contributed by atoms with Crippen LogP contribution >= 0.6 is 22.7 Å². The Hall–Kier alpha value is -0.710. The minimum atomic E-state index is 0.335. The normalized spacial score (nSPS) is 14.8. The lowest BCUT2D eigenvalue weighted by Crippen LogP contribution is -2.30. The molecule has 2 atom stereocenters. The van der Waals surface area contributed by atoms with Gasteiger partial charge in [-0.1, -0.05) is 0 Å². The molecule has 4 heteroatoms. The van der Waals surface area contributed by atoms with Crippen LogP contribution in [0.15, 0.2) is 23.0 Å². The molecule has 92 valence electrons. The molecule has 17 heavy (non-hydrogen) atoms. The number of thiazole rings is 1. The molecule has 0 unspecified atom stereocenters. The van der Waals surface area contributed by atoms with Gasteiger partial charge in [0, 0.05) is 17.1 Å². The van der Waals surface area contributed by atoms with Gasteiger partial charge in [-0.2, -0.15) is 11.3 Å². The van der Waals surface area contributed by atoms with E-state index in [0.717, 1.165) is 6.42 Å². The summed E-state index contributed by atoms with van der Waals surface area (Å²) in [6, 6.07) is 3.01. The van der Waals surface area contributed by atoms with E-state index in [1.165, 1.54) is 15.4 Å². The molecule has 0 aliphatic carbocycles. The molecule has 0 aliphatic rings. The number of nitrogens with zero attached hydrogens (tertiary/aromatic N) is 1. The summed E-state index contributed by atoms with van der Waals surface area (Å²) in [7, 11) is 0. The highest BCUT2D eigenvalue weighted by molar-refractivity contribution is 7.11. The molecule has 0 radical (unpaired) electrons. The van der Waals surface area contributed by atoms with Crippen LogP contribution in [0.5, 0.6) is 0 Å². The van der Waals surface area contributed by atoms with E-state index in [2.05, 4.69) is 47.9 Å². The quantitative estimate of drug-likeness (QED) is 0.890. The van der Waals surface area contributed by atoms with Gasteiger partial charge in [0.1, 0.15) is 5.01 Å². The van der Waals surface area contributed by atoms with E-state index in [1.54, 1.807) is 22.7 Å². The largest absolute Gasteiger partial charge is 0.305 e. The Labute approximate surface area is 111 Å². The van der Waals surface area contributed by atoms with Gasteiger partial charge < -0.3 is 5.32 Å². The summed E-state index contributed by atoms with van der Waals surface area (Å²) in [5, 5.41) is 9.13. The van der Waals surface area contributed by atoms with Gasteiger partial charge >= 0.3 is 0 Å². The fourth-order valence-corrected chi connectivity index (χ4v) is 3.36. The molecule has 0 amide bonds. The third-order valence-corrected chi connectivity index (χ3v) is 4.49. The Kier molecular flexibility index (Phi) is 4.31. The molecule has 1 N–H and O–H groups in total. The lowest BCUT2D eigenvalue weighted by Gasteiger charge is -2.17. The Morgan fingerprint density at radius 1 is 1.41 bits per heavy atom. The van der Waals surface area contributed by atoms with Crippen LogP contribution in [-0.2, 0) is 6.42 Å². The maximum atomic E-state index is 4.42. The summed E-state index contributed by atoms with van der Waals surface area (Å²) in [6.45, 7) is 6.51. The number of rotatable bonds is 5. The van der Waals surface area contributed by atoms with E-state index < -0.39 is 0 Å². The highest BCUT2D eigenvalue weighted by atomic mass is 32.1. The Morgan fingerprint density at radius 2 is 2.24 bits per heavy atom. The second-order valence-electron chi connectivity index (χ2n) is 4.43. The molecule has 0 saturated heterocycles. The summed E-state index contributed by atoms with van der Waals surface area (Å²) in [4.78, 5) is 5.70. The van der Waals surface area contributed by atoms with Crippen molar-refractivity contribution >= 4 is 22.7 Å². The van der Waals surface area contributed by atoms with Crippen molar-refractivity contribution in [3.05, 3.63) is 38.5 Å². The lowest BCUT2D eigenvalue weighted by molar-refractivity contribution is 0.476. The van der Waals surface area contributed by atoms with Crippen molar-refractivity contribution in [2.24, 2.45) is 0 Å². The van der Waals surface area contributed by atoms with Crippen molar-refractivity contribution in [1.29, 1.82) is 0 Å². The van der Waals surface area contributed by atoms with Crippen molar-refractivity contribution in [3.8, 4) is 0 Å². The molecule has 2 aromatic heterocycles. The predicted octanol–water partition coefficient (Wildman–Crippen LogP) is 3.79. The van der Waals surface area contributed by atoms with Gasteiger partial charge in [-0.3, -0.25) is 0 Å². The smallest absolute Gasteiger partial charge is 0.109 e. The van der Waals surface area contributed by atoms with Crippen LogP contribution in [0.1, 0.15) is 35.3 Å². The monoisotopic (exact) mass is 266 g/mol. The van der Waals surface area contributed by atoms with E-state index in [9.17, 15) is 0 Å². The molecule has 0 fully saturated rings. The first-order valence-corrected chi connectivity index (χ1v) is 7.60. The minimum Gasteiger partial charge on any atom is -0.305 e. The molecule has 2 aromatic rings. The summed E-state index contributed by atoms with van der Waals surface area (Å²) < 4.78 is 0. The molecule has 0 bridgehead atoms. The van der Waals surface area contributed by atoms with Gasteiger partial charge in [-0.25, -0.2) is 4.98 Å². The van der Waals surface area contributed by atoms with Crippen molar-refractivity contribution in [1.82, 2.24) is 10.3 Å². The van der Waals surface area contributed by atoms with Crippen LogP contribution in [0.4, 0.5) is 0 Å². The number of aromatic nitrogens is 1. The zero-order valence-electron chi connectivity index (χ0n) is 10.4. The van der Waals surface area contributed by atoms with Gasteiger partial charge in [0.2, 0.25) is 0 Å². The Balaban J connectivity index is 1.88. The molecular weight excluding hydrogens is 248 g/mol. The first-order chi connectivity index (χ1) is 8.15. The number of hydrogen-bond donors (Lipinski definition) is 1. The fraction of sp³-hybridized carbons (Fsp3) is 0.462. The molecule has 0 aliphatic heterocycles. The average Bonchev–Trinajstić information content (AvgIpc) is 2.89. The SMILES string of the molecule is Cc1cnc([C@@H](C)N[C@@H](C)Cc2ccsc2)s1. The second-order valence-corrected chi connectivity index (χ2v) is 6.48. The van der Waals surface area contributed by atoms with Crippen molar-refractivity contribution in [3.63, 3.8) is 0 Å². The Bertz CT molecular complexity index is 448. The van der Waals surface area contributed by atoms with Crippen LogP contribution in [0.2, 0.25) is 0 Å². The summed E-state index contributed by atoms with van der Waals surface area (Å²) in [5.74, 6) is 0. The summed E-state index contributed by atoms with van der Waals surface area (Å²) >= 11 is 3.54. The number of nitrogens with one attached hydrogen (secondary N) is 1. The molecule has 2 rings (SSSR count). The third-order valence-electron chi connectivity index (χ3n) is 2.67. The molecule has 0 saturated carbocycles. The van der Waals surface area contributed by atoms with Crippen LogP contribution in [0.3, 0.4) is 0 Å². The van der Waals surface area contributed by atoms with Gasteiger partial charge in [-0.05, 0) is 49.6 Å².